The fourth-order valence-electron chi connectivity index (χ4n) is 4.16. The van der Waals surface area contributed by atoms with Gasteiger partial charge in [-0.05, 0) is 83.6 Å². The molecular weight excluding hydrogens is 246 g/mol. The zero-order valence-corrected chi connectivity index (χ0v) is 13.3. The van der Waals surface area contributed by atoms with Crippen molar-refractivity contribution >= 4 is 0 Å². The molecule has 2 heterocycles. The van der Waals surface area contributed by atoms with Crippen LogP contribution in [-0.2, 0) is 0 Å². The lowest BCUT2D eigenvalue weighted by Gasteiger charge is -2.40. The fourth-order valence-corrected chi connectivity index (χ4v) is 4.16. The monoisotopic (exact) mass is 279 g/mol. The third-order valence-corrected chi connectivity index (χ3v) is 5.51. The lowest BCUT2D eigenvalue weighted by Crippen LogP contribution is -2.48. The van der Waals surface area contributed by atoms with E-state index in [2.05, 4.69) is 22.0 Å². The molecule has 3 fully saturated rings. The molecule has 20 heavy (non-hydrogen) atoms. The molecule has 0 amide bonds. The van der Waals surface area contributed by atoms with E-state index in [1.807, 2.05) is 0 Å². The van der Waals surface area contributed by atoms with Gasteiger partial charge in [-0.2, -0.15) is 0 Å². The normalized spacial score (nSPS) is 27.3. The second-order valence-corrected chi connectivity index (χ2v) is 7.19. The van der Waals surface area contributed by atoms with E-state index in [0.717, 1.165) is 18.0 Å². The first-order valence-corrected chi connectivity index (χ1v) is 9.05. The lowest BCUT2D eigenvalue weighted by molar-refractivity contribution is 0.0826. The molecule has 3 heteroatoms. The van der Waals surface area contributed by atoms with Gasteiger partial charge in [0.1, 0.15) is 0 Å². The van der Waals surface area contributed by atoms with Gasteiger partial charge in [0.15, 0.2) is 0 Å². The van der Waals surface area contributed by atoms with Gasteiger partial charge in [-0.25, -0.2) is 0 Å². The van der Waals surface area contributed by atoms with Gasteiger partial charge in [-0.1, -0.05) is 6.92 Å². The van der Waals surface area contributed by atoms with Crippen LogP contribution in [0.5, 0.6) is 0 Å². The van der Waals surface area contributed by atoms with E-state index in [4.69, 9.17) is 0 Å². The number of likely N-dealkylation sites (tertiary alicyclic amines) is 1. The molecule has 0 unspecified atom stereocenters. The molecule has 3 rings (SSSR count). The summed E-state index contributed by atoms with van der Waals surface area (Å²) in [5, 5.41) is 3.51. The minimum Gasteiger partial charge on any atom is -0.317 e. The predicted octanol–water partition coefficient (Wildman–Crippen LogP) is 2.32. The van der Waals surface area contributed by atoms with Crippen molar-refractivity contribution in [3.63, 3.8) is 0 Å². The summed E-state index contributed by atoms with van der Waals surface area (Å²) in [6.45, 7) is 10.2. The standard InChI is InChI=1S/C17H33N3/c1-2-11-19-12-7-17(8-13-19)20(16-3-4-16)14-15-5-9-18-10-6-15/h15-18H,2-14H2,1H3. The van der Waals surface area contributed by atoms with Gasteiger partial charge in [-0.3, -0.25) is 4.90 Å². The Labute approximate surface area is 125 Å². The zero-order chi connectivity index (χ0) is 13.8. The highest BCUT2D eigenvalue weighted by Gasteiger charge is 2.36. The number of nitrogens with one attached hydrogen (secondary N) is 1. The van der Waals surface area contributed by atoms with Crippen molar-refractivity contribution < 1.29 is 0 Å². The highest BCUT2D eigenvalue weighted by Crippen LogP contribution is 2.33. The van der Waals surface area contributed by atoms with Crippen LogP contribution in [0.3, 0.4) is 0 Å². The first-order chi connectivity index (χ1) is 9.86. The highest BCUT2D eigenvalue weighted by atomic mass is 15.2. The van der Waals surface area contributed by atoms with Crippen LogP contribution in [0.15, 0.2) is 0 Å². The molecule has 0 atom stereocenters. The molecule has 1 N–H and O–H groups in total. The van der Waals surface area contributed by atoms with Crippen molar-refractivity contribution in [2.75, 3.05) is 39.3 Å². The average molecular weight is 279 g/mol. The van der Waals surface area contributed by atoms with Crippen molar-refractivity contribution in [1.29, 1.82) is 0 Å². The zero-order valence-electron chi connectivity index (χ0n) is 13.3. The van der Waals surface area contributed by atoms with Crippen LogP contribution in [0.25, 0.3) is 0 Å². The summed E-state index contributed by atoms with van der Waals surface area (Å²) in [5.41, 5.74) is 0. The maximum absolute atomic E-state index is 3.51. The van der Waals surface area contributed by atoms with E-state index >= 15 is 0 Å². The van der Waals surface area contributed by atoms with E-state index < -0.39 is 0 Å². The number of hydrogen-bond donors (Lipinski definition) is 1. The van der Waals surface area contributed by atoms with E-state index in [1.54, 1.807) is 0 Å². The van der Waals surface area contributed by atoms with Crippen molar-refractivity contribution in [3.05, 3.63) is 0 Å². The molecule has 0 spiro atoms. The van der Waals surface area contributed by atoms with Crippen LogP contribution in [-0.4, -0.2) is 61.2 Å². The molecule has 116 valence electrons. The molecule has 2 aliphatic heterocycles. The van der Waals surface area contributed by atoms with Crippen LogP contribution in [0.4, 0.5) is 0 Å². The van der Waals surface area contributed by atoms with Crippen LogP contribution in [0.1, 0.15) is 51.9 Å². The molecule has 3 aliphatic rings. The predicted molar refractivity (Wildman–Crippen MR) is 85.1 cm³/mol. The number of nitrogens with zero attached hydrogens (tertiary/aromatic N) is 2. The van der Waals surface area contributed by atoms with Crippen molar-refractivity contribution in [2.24, 2.45) is 5.92 Å². The van der Waals surface area contributed by atoms with Crippen molar-refractivity contribution in [2.45, 2.75) is 64.0 Å². The first-order valence-electron chi connectivity index (χ1n) is 9.05. The molecule has 1 saturated carbocycles. The molecule has 3 nitrogen and oxygen atoms in total. The number of hydrogen-bond acceptors (Lipinski definition) is 3. The Balaban J connectivity index is 1.49. The van der Waals surface area contributed by atoms with Crippen LogP contribution < -0.4 is 5.32 Å². The Kier molecular flexibility index (Phi) is 5.36. The van der Waals surface area contributed by atoms with Gasteiger partial charge >= 0.3 is 0 Å². The SMILES string of the molecule is CCCN1CCC(N(CC2CCNCC2)C2CC2)CC1. The van der Waals surface area contributed by atoms with Crippen LogP contribution in [0, 0.1) is 5.92 Å². The summed E-state index contributed by atoms with van der Waals surface area (Å²) in [5.74, 6) is 0.963. The molecule has 0 aromatic rings. The Bertz CT molecular complexity index is 276. The van der Waals surface area contributed by atoms with E-state index in [0.29, 0.717) is 0 Å². The first kappa shape index (κ1) is 14.8. The summed E-state index contributed by atoms with van der Waals surface area (Å²) < 4.78 is 0. The van der Waals surface area contributed by atoms with E-state index in [9.17, 15) is 0 Å². The molecule has 2 saturated heterocycles. The van der Waals surface area contributed by atoms with Crippen molar-refractivity contribution in [1.82, 2.24) is 15.1 Å². The quantitative estimate of drug-likeness (QED) is 0.805. The number of rotatable bonds is 6. The molecular formula is C17H33N3. The highest BCUT2D eigenvalue weighted by molar-refractivity contribution is 4.92. The van der Waals surface area contributed by atoms with Crippen LogP contribution in [0.2, 0.25) is 0 Å². The van der Waals surface area contributed by atoms with Crippen LogP contribution >= 0.6 is 0 Å². The van der Waals surface area contributed by atoms with Gasteiger partial charge in [0.2, 0.25) is 0 Å². The smallest absolute Gasteiger partial charge is 0.0123 e. The van der Waals surface area contributed by atoms with Gasteiger partial charge in [0.25, 0.3) is 0 Å². The van der Waals surface area contributed by atoms with Gasteiger partial charge in [-0.15, -0.1) is 0 Å². The van der Waals surface area contributed by atoms with E-state index in [1.165, 1.54) is 84.2 Å². The Morgan fingerprint density at radius 2 is 1.60 bits per heavy atom. The lowest BCUT2D eigenvalue weighted by atomic mass is 9.95. The summed E-state index contributed by atoms with van der Waals surface area (Å²) in [7, 11) is 0. The second-order valence-electron chi connectivity index (χ2n) is 7.19. The average Bonchev–Trinajstić information content (AvgIpc) is 3.32. The summed E-state index contributed by atoms with van der Waals surface area (Å²) in [4.78, 5) is 5.60. The Hall–Kier alpha value is -0.120. The minimum absolute atomic E-state index is 0.894. The van der Waals surface area contributed by atoms with Gasteiger partial charge in [0.05, 0.1) is 0 Å². The fraction of sp³-hybridized carbons (Fsp3) is 1.00. The number of piperidine rings is 2. The Morgan fingerprint density at radius 3 is 2.20 bits per heavy atom. The third kappa shape index (κ3) is 3.96. The molecule has 1 aliphatic carbocycles. The third-order valence-electron chi connectivity index (χ3n) is 5.51. The molecule has 0 radical (unpaired) electrons. The Morgan fingerprint density at radius 1 is 0.950 bits per heavy atom. The topological polar surface area (TPSA) is 18.5 Å². The van der Waals surface area contributed by atoms with Gasteiger partial charge in [0, 0.05) is 18.6 Å². The summed E-state index contributed by atoms with van der Waals surface area (Å²) in [6, 6.07) is 1.85. The van der Waals surface area contributed by atoms with Crippen molar-refractivity contribution in [3.8, 4) is 0 Å². The summed E-state index contributed by atoms with van der Waals surface area (Å²) in [6.07, 6.45) is 9.89. The molecule has 0 bridgehead atoms. The molecule has 0 aromatic heterocycles. The maximum Gasteiger partial charge on any atom is 0.0123 e. The molecule has 0 aromatic carbocycles. The largest absolute Gasteiger partial charge is 0.317 e. The van der Waals surface area contributed by atoms with E-state index in [-0.39, 0.29) is 0 Å². The summed E-state index contributed by atoms with van der Waals surface area (Å²) >= 11 is 0. The van der Waals surface area contributed by atoms with Gasteiger partial charge < -0.3 is 10.2 Å². The minimum atomic E-state index is 0.894. The maximum atomic E-state index is 3.51. The second kappa shape index (κ2) is 7.24.